The Morgan fingerprint density at radius 1 is 1.11 bits per heavy atom. The van der Waals surface area contributed by atoms with Crippen LogP contribution < -0.4 is 5.32 Å². The van der Waals surface area contributed by atoms with Gasteiger partial charge in [-0.25, -0.2) is 4.39 Å². The van der Waals surface area contributed by atoms with E-state index in [1.165, 1.54) is 31.2 Å². The number of halogens is 1. The van der Waals surface area contributed by atoms with Gasteiger partial charge in [-0.05, 0) is 61.9 Å². The Morgan fingerprint density at radius 2 is 1.78 bits per heavy atom. The molecule has 1 fully saturated rings. The minimum absolute atomic E-state index is 0.133. The molecule has 100 valence electrons. The van der Waals surface area contributed by atoms with Crippen molar-refractivity contribution in [2.45, 2.75) is 39.0 Å². The standard InChI is InChI=1S/C16H24FN/c1-2-18-12-15-6-4-3-5-14(15)11-13-7-9-16(17)10-8-13/h7-10,14-15,18H,2-6,11-12H2,1H3. The van der Waals surface area contributed by atoms with Gasteiger partial charge in [0, 0.05) is 0 Å². The van der Waals surface area contributed by atoms with Crippen molar-refractivity contribution in [2.75, 3.05) is 13.1 Å². The smallest absolute Gasteiger partial charge is 0.123 e. The van der Waals surface area contributed by atoms with Crippen LogP contribution in [0.4, 0.5) is 4.39 Å². The third-order valence-corrected chi connectivity index (χ3v) is 4.13. The molecule has 2 heteroatoms. The summed E-state index contributed by atoms with van der Waals surface area (Å²) < 4.78 is 12.9. The maximum absolute atomic E-state index is 12.9. The van der Waals surface area contributed by atoms with Gasteiger partial charge in [-0.2, -0.15) is 0 Å². The van der Waals surface area contributed by atoms with Crippen LogP contribution >= 0.6 is 0 Å². The van der Waals surface area contributed by atoms with Gasteiger partial charge in [0.25, 0.3) is 0 Å². The van der Waals surface area contributed by atoms with Crippen molar-refractivity contribution in [3.63, 3.8) is 0 Å². The van der Waals surface area contributed by atoms with E-state index < -0.39 is 0 Å². The Bertz CT molecular complexity index is 347. The molecule has 0 aromatic heterocycles. The molecule has 0 bridgehead atoms. The maximum Gasteiger partial charge on any atom is 0.123 e. The van der Waals surface area contributed by atoms with Crippen molar-refractivity contribution in [1.82, 2.24) is 5.32 Å². The Hall–Kier alpha value is -0.890. The summed E-state index contributed by atoms with van der Waals surface area (Å²) in [7, 11) is 0. The highest BCUT2D eigenvalue weighted by Crippen LogP contribution is 2.32. The van der Waals surface area contributed by atoms with Gasteiger partial charge in [-0.3, -0.25) is 0 Å². The second-order valence-corrected chi connectivity index (χ2v) is 5.44. The van der Waals surface area contributed by atoms with E-state index in [1.54, 1.807) is 12.1 Å². The fraction of sp³-hybridized carbons (Fsp3) is 0.625. The van der Waals surface area contributed by atoms with Crippen LogP contribution in [0.5, 0.6) is 0 Å². The largest absolute Gasteiger partial charge is 0.317 e. The van der Waals surface area contributed by atoms with E-state index in [0.717, 1.165) is 31.3 Å². The van der Waals surface area contributed by atoms with Crippen LogP contribution in [-0.2, 0) is 6.42 Å². The zero-order chi connectivity index (χ0) is 12.8. The van der Waals surface area contributed by atoms with Gasteiger partial charge in [-0.15, -0.1) is 0 Å². The van der Waals surface area contributed by atoms with E-state index in [-0.39, 0.29) is 5.82 Å². The Balaban J connectivity index is 1.94. The number of hydrogen-bond acceptors (Lipinski definition) is 1. The van der Waals surface area contributed by atoms with Crippen LogP contribution in [0.25, 0.3) is 0 Å². The predicted molar refractivity (Wildman–Crippen MR) is 74.1 cm³/mol. The van der Waals surface area contributed by atoms with Crippen molar-refractivity contribution in [1.29, 1.82) is 0 Å². The Kier molecular flexibility index (Phi) is 5.18. The second kappa shape index (κ2) is 6.89. The molecule has 1 aliphatic rings. The first-order valence-electron chi connectivity index (χ1n) is 7.24. The molecule has 1 saturated carbocycles. The highest BCUT2D eigenvalue weighted by Gasteiger charge is 2.24. The summed E-state index contributed by atoms with van der Waals surface area (Å²) in [5, 5.41) is 3.48. The molecule has 0 radical (unpaired) electrons. The summed E-state index contributed by atoms with van der Waals surface area (Å²) in [5.41, 5.74) is 1.28. The second-order valence-electron chi connectivity index (χ2n) is 5.44. The summed E-state index contributed by atoms with van der Waals surface area (Å²) in [6, 6.07) is 7.04. The average molecular weight is 249 g/mol. The van der Waals surface area contributed by atoms with E-state index in [1.807, 2.05) is 12.1 Å². The SMILES string of the molecule is CCNCC1CCCCC1Cc1ccc(F)cc1. The first-order valence-corrected chi connectivity index (χ1v) is 7.24. The third kappa shape index (κ3) is 3.81. The lowest BCUT2D eigenvalue weighted by Crippen LogP contribution is -2.31. The highest BCUT2D eigenvalue weighted by atomic mass is 19.1. The Morgan fingerprint density at radius 3 is 2.44 bits per heavy atom. The minimum atomic E-state index is -0.133. The van der Waals surface area contributed by atoms with Crippen LogP contribution in [0.1, 0.15) is 38.2 Å². The fourth-order valence-corrected chi connectivity index (χ4v) is 3.07. The summed E-state index contributed by atoms with van der Waals surface area (Å²) in [4.78, 5) is 0. The normalized spacial score (nSPS) is 24.1. The molecule has 2 atom stereocenters. The lowest BCUT2D eigenvalue weighted by molar-refractivity contribution is 0.229. The summed E-state index contributed by atoms with van der Waals surface area (Å²) in [5.74, 6) is 1.43. The lowest BCUT2D eigenvalue weighted by Gasteiger charge is -2.32. The molecule has 1 N–H and O–H groups in total. The van der Waals surface area contributed by atoms with Crippen LogP contribution in [0.2, 0.25) is 0 Å². The first-order chi connectivity index (χ1) is 8.79. The molecule has 1 aromatic carbocycles. The summed E-state index contributed by atoms with van der Waals surface area (Å²) in [6.07, 6.45) is 6.51. The molecule has 2 unspecified atom stereocenters. The summed E-state index contributed by atoms with van der Waals surface area (Å²) in [6.45, 7) is 4.36. The topological polar surface area (TPSA) is 12.0 Å². The van der Waals surface area contributed by atoms with Crippen LogP contribution in [0.15, 0.2) is 24.3 Å². The van der Waals surface area contributed by atoms with E-state index in [4.69, 9.17) is 0 Å². The van der Waals surface area contributed by atoms with Crippen LogP contribution in [0, 0.1) is 17.7 Å². The van der Waals surface area contributed by atoms with Crippen molar-refractivity contribution in [2.24, 2.45) is 11.8 Å². The van der Waals surface area contributed by atoms with Gasteiger partial charge in [0.2, 0.25) is 0 Å². The number of rotatable bonds is 5. The highest BCUT2D eigenvalue weighted by molar-refractivity contribution is 5.16. The minimum Gasteiger partial charge on any atom is -0.317 e. The van der Waals surface area contributed by atoms with E-state index in [0.29, 0.717) is 0 Å². The first kappa shape index (κ1) is 13.5. The van der Waals surface area contributed by atoms with Gasteiger partial charge in [0.1, 0.15) is 5.82 Å². The molecule has 18 heavy (non-hydrogen) atoms. The number of nitrogens with one attached hydrogen (secondary N) is 1. The fourth-order valence-electron chi connectivity index (χ4n) is 3.07. The molecular weight excluding hydrogens is 225 g/mol. The molecule has 0 heterocycles. The molecule has 0 amide bonds. The molecule has 2 rings (SSSR count). The zero-order valence-electron chi connectivity index (χ0n) is 11.3. The van der Waals surface area contributed by atoms with Gasteiger partial charge in [0.15, 0.2) is 0 Å². The Labute approximate surface area is 110 Å². The number of hydrogen-bond donors (Lipinski definition) is 1. The number of benzene rings is 1. The van der Waals surface area contributed by atoms with Crippen LogP contribution in [0.3, 0.4) is 0 Å². The van der Waals surface area contributed by atoms with Crippen molar-refractivity contribution >= 4 is 0 Å². The van der Waals surface area contributed by atoms with E-state index in [9.17, 15) is 4.39 Å². The predicted octanol–water partition coefficient (Wildman–Crippen LogP) is 3.78. The molecule has 1 aromatic rings. The maximum atomic E-state index is 12.9. The molecule has 0 spiro atoms. The zero-order valence-corrected chi connectivity index (χ0v) is 11.3. The van der Waals surface area contributed by atoms with E-state index >= 15 is 0 Å². The van der Waals surface area contributed by atoms with Crippen molar-refractivity contribution in [3.05, 3.63) is 35.6 Å². The van der Waals surface area contributed by atoms with Crippen molar-refractivity contribution < 1.29 is 4.39 Å². The molecule has 1 aliphatic carbocycles. The molecular formula is C16H24FN. The quantitative estimate of drug-likeness (QED) is 0.837. The monoisotopic (exact) mass is 249 g/mol. The van der Waals surface area contributed by atoms with E-state index in [2.05, 4.69) is 12.2 Å². The van der Waals surface area contributed by atoms with Crippen LogP contribution in [-0.4, -0.2) is 13.1 Å². The molecule has 0 saturated heterocycles. The molecule has 1 nitrogen and oxygen atoms in total. The van der Waals surface area contributed by atoms with Crippen molar-refractivity contribution in [3.8, 4) is 0 Å². The van der Waals surface area contributed by atoms with Gasteiger partial charge >= 0.3 is 0 Å². The van der Waals surface area contributed by atoms with Gasteiger partial charge in [0.05, 0.1) is 0 Å². The lowest BCUT2D eigenvalue weighted by atomic mass is 9.76. The average Bonchev–Trinajstić information content (AvgIpc) is 2.40. The van der Waals surface area contributed by atoms with Gasteiger partial charge in [-0.1, -0.05) is 31.9 Å². The molecule has 0 aliphatic heterocycles. The van der Waals surface area contributed by atoms with Gasteiger partial charge < -0.3 is 5.32 Å². The summed E-state index contributed by atoms with van der Waals surface area (Å²) >= 11 is 0. The third-order valence-electron chi connectivity index (χ3n) is 4.13.